The van der Waals surface area contributed by atoms with E-state index in [-0.39, 0.29) is 18.5 Å². The minimum atomic E-state index is -0.401. The van der Waals surface area contributed by atoms with Crippen LogP contribution in [0.15, 0.2) is 18.2 Å². The zero-order chi connectivity index (χ0) is 13.8. The van der Waals surface area contributed by atoms with E-state index in [9.17, 15) is 8.78 Å². The molecule has 1 aromatic rings. The summed E-state index contributed by atoms with van der Waals surface area (Å²) in [5.74, 6) is -0.756. The molecular weight excluding hydrogens is 250 g/mol. The molecule has 1 atom stereocenters. The van der Waals surface area contributed by atoms with Crippen LogP contribution in [-0.2, 0) is 0 Å². The Labute approximate surface area is 112 Å². The van der Waals surface area contributed by atoms with Crippen molar-refractivity contribution in [2.45, 2.75) is 13.0 Å². The van der Waals surface area contributed by atoms with E-state index >= 15 is 0 Å². The van der Waals surface area contributed by atoms with Crippen LogP contribution in [0.1, 0.15) is 18.5 Å². The second-order valence-corrected chi connectivity index (χ2v) is 4.94. The highest BCUT2D eigenvalue weighted by atomic mass is 19.1. The molecule has 1 unspecified atom stereocenters. The van der Waals surface area contributed by atoms with Crippen molar-refractivity contribution in [1.82, 2.24) is 9.80 Å². The highest BCUT2D eigenvalue weighted by Crippen LogP contribution is 2.24. The van der Waals surface area contributed by atoms with Crippen LogP contribution in [0.3, 0.4) is 0 Å². The molecule has 106 valence electrons. The minimum Gasteiger partial charge on any atom is -0.395 e. The zero-order valence-electron chi connectivity index (χ0n) is 11.1. The Morgan fingerprint density at radius 3 is 2.53 bits per heavy atom. The van der Waals surface area contributed by atoms with Gasteiger partial charge < -0.3 is 5.11 Å². The molecule has 0 saturated carbocycles. The number of rotatable bonds is 4. The first-order valence-electron chi connectivity index (χ1n) is 6.64. The summed E-state index contributed by atoms with van der Waals surface area (Å²) in [5, 5.41) is 8.89. The topological polar surface area (TPSA) is 26.7 Å². The van der Waals surface area contributed by atoms with Gasteiger partial charge in [-0.05, 0) is 25.1 Å². The molecular formula is C14H20F2N2O. The van der Waals surface area contributed by atoms with Gasteiger partial charge in [-0.15, -0.1) is 0 Å². The van der Waals surface area contributed by atoms with Gasteiger partial charge in [-0.25, -0.2) is 8.78 Å². The predicted molar refractivity (Wildman–Crippen MR) is 69.9 cm³/mol. The van der Waals surface area contributed by atoms with Crippen molar-refractivity contribution in [2.75, 3.05) is 39.3 Å². The number of hydrogen-bond donors (Lipinski definition) is 1. The summed E-state index contributed by atoms with van der Waals surface area (Å²) in [5.41, 5.74) is 0.413. The van der Waals surface area contributed by atoms with Crippen LogP contribution in [0.25, 0.3) is 0 Å². The Hall–Kier alpha value is -1.04. The van der Waals surface area contributed by atoms with Crippen molar-refractivity contribution < 1.29 is 13.9 Å². The molecule has 1 aliphatic heterocycles. The summed E-state index contributed by atoms with van der Waals surface area (Å²) in [6.07, 6.45) is 0. The largest absolute Gasteiger partial charge is 0.395 e. The van der Waals surface area contributed by atoms with E-state index in [2.05, 4.69) is 9.80 Å². The second kappa shape index (κ2) is 6.41. The van der Waals surface area contributed by atoms with E-state index in [1.54, 1.807) is 0 Å². The average molecular weight is 270 g/mol. The van der Waals surface area contributed by atoms with Crippen LogP contribution >= 0.6 is 0 Å². The normalized spacial score (nSPS) is 19.6. The quantitative estimate of drug-likeness (QED) is 0.901. The van der Waals surface area contributed by atoms with E-state index < -0.39 is 5.82 Å². The van der Waals surface area contributed by atoms with Crippen molar-refractivity contribution in [3.63, 3.8) is 0 Å². The molecule has 1 fully saturated rings. The molecule has 0 bridgehead atoms. The Kier molecular flexibility index (Phi) is 4.85. The lowest BCUT2D eigenvalue weighted by molar-refractivity contribution is 0.0876. The monoisotopic (exact) mass is 270 g/mol. The van der Waals surface area contributed by atoms with Gasteiger partial charge in [0.05, 0.1) is 6.61 Å². The van der Waals surface area contributed by atoms with Gasteiger partial charge in [-0.2, -0.15) is 0 Å². The van der Waals surface area contributed by atoms with Gasteiger partial charge in [0, 0.05) is 44.3 Å². The first-order valence-corrected chi connectivity index (χ1v) is 6.64. The minimum absolute atomic E-state index is 0.132. The molecule has 3 nitrogen and oxygen atoms in total. The number of nitrogens with zero attached hydrogens (tertiary/aromatic N) is 2. The fraction of sp³-hybridized carbons (Fsp3) is 0.571. The standard InChI is InChI=1S/C14H20F2N2O/c1-11(13-10-12(15)2-3-14(13)16)18-6-4-17(5-7-18)8-9-19/h2-3,10-11,19H,4-9H2,1H3. The second-order valence-electron chi connectivity index (χ2n) is 4.94. The van der Waals surface area contributed by atoms with Gasteiger partial charge in [-0.1, -0.05) is 0 Å². The highest BCUT2D eigenvalue weighted by molar-refractivity contribution is 5.22. The Balaban J connectivity index is 2.01. The fourth-order valence-corrected chi connectivity index (χ4v) is 2.55. The molecule has 19 heavy (non-hydrogen) atoms. The molecule has 0 aromatic heterocycles. The van der Waals surface area contributed by atoms with Gasteiger partial charge in [0.1, 0.15) is 11.6 Å². The van der Waals surface area contributed by atoms with E-state index in [1.807, 2.05) is 6.92 Å². The smallest absolute Gasteiger partial charge is 0.128 e. The maximum Gasteiger partial charge on any atom is 0.128 e. The molecule has 1 aliphatic rings. The Bertz CT molecular complexity index is 420. The highest BCUT2D eigenvalue weighted by Gasteiger charge is 2.23. The number of hydrogen-bond acceptors (Lipinski definition) is 3. The van der Waals surface area contributed by atoms with Crippen molar-refractivity contribution >= 4 is 0 Å². The summed E-state index contributed by atoms with van der Waals surface area (Å²) in [6.45, 7) is 6.04. The SMILES string of the molecule is CC(c1cc(F)ccc1F)N1CCN(CCO)CC1. The number of halogens is 2. The maximum atomic E-state index is 13.7. The van der Waals surface area contributed by atoms with Crippen LogP contribution in [0, 0.1) is 11.6 Å². The molecule has 0 spiro atoms. The Morgan fingerprint density at radius 2 is 1.89 bits per heavy atom. The molecule has 0 radical (unpaired) electrons. The first-order chi connectivity index (χ1) is 9.11. The van der Waals surface area contributed by atoms with Gasteiger partial charge in [0.15, 0.2) is 0 Å². The third-order valence-electron chi connectivity index (χ3n) is 3.78. The third-order valence-corrected chi connectivity index (χ3v) is 3.78. The molecule has 1 saturated heterocycles. The van der Waals surface area contributed by atoms with Crippen molar-refractivity contribution in [3.05, 3.63) is 35.4 Å². The van der Waals surface area contributed by atoms with Gasteiger partial charge in [-0.3, -0.25) is 9.80 Å². The van der Waals surface area contributed by atoms with Gasteiger partial charge in [0.25, 0.3) is 0 Å². The lowest BCUT2D eigenvalue weighted by Gasteiger charge is -2.38. The van der Waals surface area contributed by atoms with Crippen molar-refractivity contribution in [2.24, 2.45) is 0 Å². The van der Waals surface area contributed by atoms with Crippen molar-refractivity contribution in [3.8, 4) is 0 Å². The maximum absolute atomic E-state index is 13.7. The number of β-amino-alcohol motifs (C(OH)–C–C–N with tert-alkyl or cyclic N) is 1. The Morgan fingerprint density at radius 1 is 1.21 bits per heavy atom. The predicted octanol–water partition coefficient (Wildman–Crippen LogP) is 1.64. The lowest BCUT2D eigenvalue weighted by Crippen LogP contribution is -2.47. The van der Waals surface area contributed by atoms with Crippen LogP contribution in [0.4, 0.5) is 8.78 Å². The molecule has 1 aromatic carbocycles. The van der Waals surface area contributed by atoms with Gasteiger partial charge in [0.2, 0.25) is 0 Å². The summed E-state index contributed by atoms with van der Waals surface area (Å²) in [6, 6.07) is 3.47. The molecule has 1 N–H and O–H groups in total. The number of aliphatic hydroxyl groups is 1. The zero-order valence-corrected chi connectivity index (χ0v) is 11.1. The van der Waals surface area contributed by atoms with E-state index in [0.717, 1.165) is 32.2 Å². The third kappa shape index (κ3) is 3.49. The van der Waals surface area contributed by atoms with Crippen molar-refractivity contribution in [1.29, 1.82) is 0 Å². The van der Waals surface area contributed by atoms with E-state index in [0.29, 0.717) is 12.1 Å². The average Bonchev–Trinajstić information content (AvgIpc) is 2.42. The number of benzene rings is 1. The summed E-state index contributed by atoms with van der Waals surface area (Å²) >= 11 is 0. The molecule has 0 amide bonds. The van der Waals surface area contributed by atoms with Crippen LogP contribution in [0.2, 0.25) is 0 Å². The molecule has 2 rings (SSSR count). The number of piperazine rings is 1. The lowest BCUT2D eigenvalue weighted by atomic mass is 10.1. The molecule has 1 heterocycles. The van der Waals surface area contributed by atoms with Gasteiger partial charge >= 0.3 is 0 Å². The fourth-order valence-electron chi connectivity index (χ4n) is 2.55. The summed E-state index contributed by atoms with van der Waals surface area (Å²) in [4.78, 5) is 4.32. The molecule has 5 heteroatoms. The molecule has 0 aliphatic carbocycles. The van der Waals surface area contributed by atoms with Crippen LogP contribution in [0.5, 0.6) is 0 Å². The summed E-state index contributed by atoms with van der Waals surface area (Å²) in [7, 11) is 0. The van der Waals surface area contributed by atoms with Crippen LogP contribution < -0.4 is 0 Å². The summed E-state index contributed by atoms with van der Waals surface area (Å²) < 4.78 is 27.0. The van der Waals surface area contributed by atoms with E-state index in [1.165, 1.54) is 12.1 Å². The van der Waals surface area contributed by atoms with E-state index in [4.69, 9.17) is 5.11 Å². The number of aliphatic hydroxyl groups excluding tert-OH is 1. The van der Waals surface area contributed by atoms with Crippen LogP contribution in [-0.4, -0.2) is 54.2 Å². The first kappa shape index (κ1) is 14.4.